The van der Waals surface area contributed by atoms with Crippen molar-refractivity contribution in [3.63, 3.8) is 0 Å². The summed E-state index contributed by atoms with van der Waals surface area (Å²) in [6, 6.07) is 1.95. The molecule has 0 aromatic carbocycles. The number of rotatable bonds is 2. The quantitative estimate of drug-likeness (QED) is 0.407. The highest BCUT2D eigenvalue weighted by molar-refractivity contribution is 7.80. The molecule has 0 saturated carbocycles. The minimum absolute atomic E-state index is 0.0917. The molecule has 0 unspecified atom stereocenters. The topological polar surface area (TPSA) is 68.2 Å². The lowest BCUT2D eigenvalue weighted by atomic mass is 10.4. The predicted octanol–water partition coefficient (Wildman–Crippen LogP) is 0.315. The van der Waals surface area contributed by atoms with Gasteiger partial charge < -0.3 is 5.73 Å². The zero-order valence-corrected chi connectivity index (χ0v) is 8.30. The number of aliphatic imine (C=N–C) groups is 1. The van der Waals surface area contributed by atoms with Crippen molar-refractivity contribution in [2.45, 2.75) is 13.8 Å². The maximum Gasteiger partial charge on any atom is 0.191 e. The maximum atomic E-state index is 5.16. The highest BCUT2D eigenvalue weighted by atomic mass is 32.1. The van der Waals surface area contributed by atoms with E-state index in [1.54, 1.807) is 4.79 Å². The lowest BCUT2D eigenvalue weighted by Gasteiger charge is -2.00. The Labute approximate surface area is 81.6 Å². The number of hydrogen-bond donors (Lipinski definition) is 2. The average Bonchev–Trinajstić information content (AvgIpc) is 2.29. The summed E-state index contributed by atoms with van der Waals surface area (Å²) in [5.41, 5.74) is 9.91. The van der Waals surface area contributed by atoms with Gasteiger partial charge in [-0.3, -0.25) is 5.43 Å². The molecule has 0 aliphatic rings. The monoisotopic (exact) mass is 197 g/mol. The zero-order chi connectivity index (χ0) is 9.84. The van der Waals surface area contributed by atoms with E-state index in [0.717, 1.165) is 11.4 Å². The Morgan fingerprint density at radius 2 is 2.46 bits per heavy atom. The second-order valence-corrected chi connectivity index (χ2v) is 2.98. The van der Waals surface area contributed by atoms with E-state index in [9.17, 15) is 0 Å². The molecule has 5 nitrogen and oxygen atoms in total. The van der Waals surface area contributed by atoms with Crippen molar-refractivity contribution in [1.29, 1.82) is 0 Å². The minimum Gasteiger partial charge on any atom is -0.374 e. The van der Waals surface area contributed by atoms with Crippen molar-refractivity contribution in [2.75, 3.05) is 5.43 Å². The first-order valence-corrected chi connectivity index (χ1v) is 4.12. The molecule has 3 N–H and O–H groups in total. The Morgan fingerprint density at radius 3 is 2.92 bits per heavy atom. The van der Waals surface area contributed by atoms with E-state index in [1.165, 1.54) is 6.34 Å². The second kappa shape index (κ2) is 3.99. The van der Waals surface area contributed by atoms with Crippen LogP contribution in [0.5, 0.6) is 0 Å². The van der Waals surface area contributed by atoms with Crippen molar-refractivity contribution in [3.8, 4) is 0 Å². The van der Waals surface area contributed by atoms with E-state index in [0.29, 0.717) is 0 Å². The third-order valence-electron chi connectivity index (χ3n) is 1.38. The first-order chi connectivity index (χ1) is 6.09. The number of aryl methyl sites for hydroxylation is 2. The molecular weight excluding hydrogens is 186 g/mol. The van der Waals surface area contributed by atoms with Crippen LogP contribution < -0.4 is 11.2 Å². The number of nitrogens with zero attached hydrogens (tertiary/aromatic N) is 3. The largest absolute Gasteiger partial charge is 0.374 e. The summed E-state index contributed by atoms with van der Waals surface area (Å²) in [4.78, 5) is 5.28. The van der Waals surface area contributed by atoms with E-state index in [-0.39, 0.29) is 5.11 Å². The number of thiocarbonyl (C=S) groups is 1. The molecule has 0 radical (unpaired) electrons. The van der Waals surface area contributed by atoms with Gasteiger partial charge in [0.1, 0.15) is 6.34 Å². The molecular formula is C7H11N5S. The number of hydrogen-bond acceptors (Lipinski definition) is 2. The summed E-state index contributed by atoms with van der Waals surface area (Å²) in [6.45, 7) is 3.84. The van der Waals surface area contributed by atoms with E-state index in [1.807, 2.05) is 19.9 Å². The third-order valence-corrected chi connectivity index (χ3v) is 1.49. The van der Waals surface area contributed by atoms with Gasteiger partial charge in [-0.15, -0.1) is 0 Å². The number of nitrogens with two attached hydrogens (primary N) is 1. The van der Waals surface area contributed by atoms with Crippen LogP contribution in [0.25, 0.3) is 0 Å². The third kappa shape index (κ3) is 2.83. The van der Waals surface area contributed by atoms with Gasteiger partial charge in [0.15, 0.2) is 5.11 Å². The molecule has 1 heterocycles. The van der Waals surface area contributed by atoms with Gasteiger partial charge in [0.05, 0.1) is 11.4 Å². The number of nitrogens with one attached hydrogen (secondary N) is 1. The number of aromatic nitrogens is 2. The molecule has 0 spiro atoms. The van der Waals surface area contributed by atoms with E-state index in [2.05, 4.69) is 27.7 Å². The summed E-state index contributed by atoms with van der Waals surface area (Å²) in [5.74, 6) is 0. The van der Waals surface area contributed by atoms with Gasteiger partial charge >= 0.3 is 0 Å². The molecule has 0 amide bonds. The predicted molar refractivity (Wildman–Crippen MR) is 56.3 cm³/mol. The first-order valence-electron chi connectivity index (χ1n) is 3.71. The molecule has 6 heteroatoms. The van der Waals surface area contributed by atoms with E-state index < -0.39 is 0 Å². The van der Waals surface area contributed by atoms with Crippen LogP contribution in [-0.2, 0) is 0 Å². The fraction of sp³-hybridized carbons (Fsp3) is 0.286. The van der Waals surface area contributed by atoms with Gasteiger partial charge in [-0.25, -0.2) is 4.99 Å². The summed E-state index contributed by atoms with van der Waals surface area (Å²) in [6.07, 6.45) is 1.40. The van der Waals surface area contributed by atoms with Crippen molar-refractivity contribution in [2.24, 2.45) is 10.7 Å². The molecule has 0 aliphatic heterocycles. The van der Waals surface area contributed by atoms with Crippen LogP contribution in [0.1, 0.15) is 11.4 Å². The van der Waals surface area contributed by atoms with Gasteiger partial charge in [0.2, 0.25) is 0 Å². The van der Waals surface area contributed by atoms with Gasteiger partial charge in [-0.2, -0.15) is 9.89 Å². The molecule has 0 fully saturated rings. The minimum atomic E-state index is 0.0917. The first kappa shape index (κ1) is 9.66. The Balaban J connectivity index is 2.64. The van der Waals surface area contributed by atoms with Crippen LogP contribution in [0.2, 0.25) is 0 Å². The molecule has 13 heavy (non-hydrogen) atoms. The van der Waals surface area contributed by atoms with Crippen molar-refractivity contribution in [1.82, 2.24) is 9.89 Å². The molecule has 1 rings (SSSR count). The van der Waals surface area contributed by atoms with Crippen LogP contribution in [0.15, 0.2) is 11.1 Å². The molecule has 0 atom stereocenters. The molecule has 0 bridgehead atoms. The van der Waals surface area contributed by atoms with Crippen LogP contribution in [0.4, 0.5) is 0 Å². The van der Waals surface area contributed by atoms with E-state index in [4.69, 9.17) is 5.73 Å². The van der Waals surface area contributed by atoms with Gasteiger partial charge in [-0.1, -0.05) is 0 Å². The normalized spacial score (nSPS) is 10.6. The maximum absolute atomic E-state index is 5.16. The van der Waals surface area contributed by atoms with Crippen LogP contribution in [0.3, 0.4) is 0 Å². The molecule has 1 aromatic rings. The summed E-state index contributed by atoms with van der Waals surface area (Å²) in [7, 11) is 0. The van der Waals surface area contributed by atoms with Crippen molar-refractivity contribution < 1.29 is 0 Å². The SMILES string of the molecule is Cc1cc(C)n(N/C=N/C(N)=S)n1. The Kier molecular flexibility index (Phi) is 2.97. The highest BCUT2D eigenvalue weighted by Gasteiger charge is 1.96. The molecule has 0 aliphatic carbocycles. The second-order valence-electron chi connectivity index (χ2n) is 2.56. The van der Waals surface area contributed by atoms with Crippen LogP contribution in [-0.4, -0.2) is 21.3 Å². The van der Waals surface area contributed by atoms with Gasteiger partial charge in [-0.05, 0) is 32.1 Å². The lowest BCUT2D eigenvalue weighted by Crippen LogP contribution is -2.17. The lowest BCUT2D eigenvalue weighted by molar-refractivity contribution is 0.779. The summed E-state index contributed by atoms with van der Waals surface area (Å²) in [5, 5.41) is 4.23. The Hall–Kier alpha value is -1.43. The summed E-state index contributed by atoms with van der Waals surface area (Å²) >= 11 is 4.56. The van der Waals surface area contributed by atoms with Crippen molar-refractivity contribution in [3.05, 3.63) is 17.5 Å². The summed E-state index contributed by atoms with van der Waals surface area (Å²) < 4.78 is 0. The zero-order valence-electron chi connectivity index (χ0n) is 7.48. The fourth-order valence-corrected chi connectivity index (χ4v) is 0.959. The smallest absolute Gasteiger partial charge is 0.191 e. The average molecular weight is 197 g/mol. The van der Waals surface area contributed by atoms with Gasteiger partial charge in [0, 0.05) is 0 Å². The van der Waals surface area contributed by atoms with Crippen LogP contribution >= 0.6 is 12.2 Å². The standard InChI is InChI=1S/C7H11N5S/c1-5-3-6(2)12(11-5)10-4-9-7(8)13/h3-4H,1-2H3,(H3,8,9,10,13). The molecule has 0 saturated heterocycles. The fourth-order valence-electron chi connectivity index (χ4n) is 0.907. The highest BCUT2D eigenvalue weighted by Crippen LogP contribution is 1.97. The van der Waals surface area contributed by atoms with Gasteiger partial charge in [0.25, 0.3) is 0 Å². The van der Waals surface area contributed by atoms with Crippen molar-refractivity contribution >= 4 is 23.7 Å². The van der Waals surface area contributed by atoms with Crippen LogP contribution in [0, 0.1) is 13.8 Å². The Bertz CT molecular complexity index is 341. The molecule has 1 aromatic heterocycles. The molecule has 70 valence electrons. The Morgan fingerprint density at radius 1 is 1.77 bits per heavy atom. The van der Waals surface area contributed by atoms with E-state index >= 15 is 0 Å².